The van der Waals surface area contributed by atoms with E-state index in [1.807, 2.05) is 13.8 Å². The first-order valence-corrected chi connectivity index (χ1v) is 5.42. The van der Waals surface area contributed by atoms with Gasteiger partial charge in [0.25, 0.3) is 0 Å². The average molecular weight is 263 g/mol. The predicted octanol–water partition coefficient (Wildman–Crippen LogP) is 4.13. The highest BCUT2D eigenvalue weighted by molar-refractivity contribution is 6.33. The van der Waals surface area contributed by atoms with Crippen LogP contribution in [0.4, 0.5) is 13.2 Å². The summed E-state index contributed by atoms with van der Waals surface area (Å²) < 4.78 is 39.3. The van der Waals surface area contributed by atoms with Crippen molar-refractivity contribution in [3.05, 3.63) is 34.7 Å². The van der Waals surface area contributed by atoms with Gasteiger partial charge in [-0.15, -0.1) is 0 Å². The van der Waals surface area contributed by atoms with Gasteiger partial charge in [0.05, 0.1) is 10.6 Å². The summed E-state index contributed by atoms with van der Waals surface area (Å²) >= 11 is 5.80. The standard InChI is InChI=1S/C11H10ClF3N2/c1-6(2)9-4-16-10-8(12)3-7(5-17(9)10)11(13,14)15/h3-6H,1-2H3. The fraction of sp³-hybridized carbons (Fsp3) is 0.364. The second-order valence-electron chi connectivity index (χ2n) is 4.11. The van der Waals surface area contributed by atoms with E-state index in [9.17, 15) is 13.2 Å². The number of aromatic nitrogens is 2. The van der Waals surface area contributed by atoms with Crippen LogP contribution in [0.3, 0.4) is 0 Å². The van der Waals surface area contributed by atoms with Crippen molar-refractivity contribution in [3.8, 4) is 0 Å². The molecule has 0 saturated carbocycles. The number of pyridine rings is 1. The maximum absolute atomic E-state index is 12.6. The molecule has 2 rings (SSSR count). The highest BCUT2D eigenvalue weighted by Crippen LogP contribution is 2.33. The van der Waals surface area contributed by atoms with E-state index in [0.717, 1.165) is 12.3 Å². The molecule has 0 bridgehead atoms. The molecule has 0 aromatic carbocycles. The van der Waals surface area contributed by atoms with E-state index < -0.39 is 11.7 Å². The van der Waals surface area contributed by atoms with Crippen molar-refractivity contribution < 1.29 is 13.2 Å². The van der Waals surface area contributed by atoms with Crippen molar-refractivity contribution in [2.75, 3.05) is 0 Å². The normalized spacial score (nSPS) is 12.6. The van der Waals surface area contributed by atoms with Crippen molar-refractivity contribution in [3.63, 3.8) is 0 Å². The molecule has 0 unspecified atom stereocenters. The molecule has 17 heavy (non-hydrogen) atoms. The molecule has 0 aliphatic rings. The van der Waals surface area contributed by atoms with Crippen LogP contribution in [0.5, 0.6) is 0 Å². The Hall–Kier alpha value is -1.23. The highest BCUT2D eigenvalue weighted by atomic mass is 35.5. The van der Waals surface area contributed by atoms with Crippen molar-refractivity contribution >= 4 is 17.2 Å². The van der Waals surface area contributed by atoms with Crippen molar-refractivity contribution in [2.45, 2.75) is 25.9 Å². The fourth-order valence-electron chi connectivity index (χ4n) is 1.65. The molecule has 0 aliphatic carbocycles. The van der Waals surface area contributed by atoms with Gasteiger partial charge >= 0.3 is 6.18 Å². The van der Waals surface area contributed by atoms with Crippen LogP contribution in [0, 0.1) is 0 Å². The molecule has 0 fully saturated rings. The van der Waals surface area contributed by atoms with Gasteiger partial charge in [-0.3, -0.25) is 0 Å². The van der Waals surface area contributed by atoms with E-state index in [-0.39, 0.29) is 10.9 Å². The molecule has 0 atom stereocenters. The highest BCUT2D eigenvalue weighted by Gasteiger charge is 2.32. The van der Waals surface area contributed by atoms with Gasteiger partial charge in [0.2, 0.25) is 0 Å². The summed E-state index contributed by atoms with van der Waals surface area (Å²) in [6.07, 6.45) is -1.83. The van der Waals surface area contributed by atoms with Crippen LogP contribution in [0.1, 0.15) is 31.0 Å². The summed E-state index contributed by atoms with van der Waals surface area (Å²) in [5, 5.41) is 0.00623. The Kier molecular flexibility index (Phi) is 2.81. The maximum atomic E-state index is 12.6. The molecule has 2 aromatic rings. The van der Waals surface area contributed by atoms with Crippen LogP contribution in [0.25, 0.3) is 5.65 Å². The van der Waals surface area contributed by atoms with Crippen molar-refractivity contribution in [1.82, 2.24) is 9.38 Å². The third-order valence-electron chi connectivity index (χ3n) is 2.51. The van der Waals surface area contributed by atoms with Crippen molar-refractivity contribution in [2.24, 2.45) is 0 Å². The third kappa shape index (κ3) is 2.11. The lowest BCUT2D eigenvalue weighted by molar-refractivity contribution is -0.137. The zero-order valence-electron chi connectivity index (χ0n) is 9.22. The molecule has 2 nitrogen and oxygen atoms in total. The van der Waals surface area contributed by atoms with Crippen LogP contribution in [-0.4, -0.2) is 9.38 Å². The largest absolute Gasteiger partial charge is 0.417 e. The minimum Gasteiger partial charge on any atom is -0.302 e. The van der Waals surface area contributed by atoms with E-state index >= 15 is 0 Å². The Morgan fingerprint density at radius 2 is 2.00 bits per heavy atom. The lowest BCUT2D eigenvalue weighted by Gasteiger charge is -2.10. The first-order valence-electron chi connectivity index (χ1n) is 5.04. The summed E-state index contributed by atoms with van der Waals surface area (Å²) in [7, 11) is 0. The van der Waals surface area contributed by atoms with E-state index in [1.54, 1.807) is 6.20 Å². The molecule has 2 heterocycles. The first kappa shape index (κ1) is 12.2. The molecule has 0 saturated heterocycles. The summed E-state index contributed by atoms with van der Waals surface area (Å²) in [5.41, 5.74) is 0.284. The SMILES string of the molecule is CC(C)c1cnc2c(Cl)cc(C(F)(F)F)cn12. The fourth-order valence-corrected chi connectivity index (χ4v) is 1.90. The molecule has 6 heteroatoms. The number of alkyl halides is 3. The number of hydrogen-bond acceptors (Lipinski definition) is 1. The predicted molar refractivity (Wildman–Crippen MR) is 59.3 cm³/mol. The molecular formula is C11H10ClF3N2. The van der Waals surface area contributed by atoms with Crippen molar-refractivity contribution in [1.29, 1.82) is 0 Å². The van der Waals surface area contributed by atoms with E-state index in [4.69, 9.17) is 11.6 Å². The minimum absolute atomic E-state index is 0.00623. The Morgan fingerprint density at radius 3 is 2.53 bits per heavy atom. The first-order chi connectivity index (χ1) is 7.80. The zero-order valence-corrected chi connectivity index (χ0v) is 9.97. The quantitative estimate of drug-likeness (QED) is 0.755. The minimum atomic E-state index is -4.41. The number of hydrogen-bond donors (Lipinski definition) is 0. The molecule has 2 aromatic heterocycles. The topological polar surface area (TPSA) is 17.3 Å². The Bertz CT molecular complexity index is 558. The van der Waals surface area contributed by atoms with Gasteiger partial charge in [0, 0.05) is 18.1 Å². The van der Waals surface area contributed by atoms with E-state index in [0.29, 0.717) is 11.3 Å². The average Bonchev–Trinajstić information content (AvgIpc) is 2.60. The second kappa shape index (κ2) is 3.91. The lowest BCUT2D eigenvalue weighted by atomic mass is 10.1. The number of halogens is 4. The molecule has 0 radical (unpaired) electrons. The zero-order chi connectivity index (χ0) is 12.8. The smallest absolute Gasteiger partial charge is 0.302 e. The van der Waals surface area contributed by atoms with E-state index in [1.165, 1.54) is 4.40 Å². The molecule has 0 aliphatic heterocycles. The van der Waals surface area contributed by atoms with Gasteiger partial charge in [0.1, 0.15) is 0 Å². The van der Waals surface area contributed by atoms with Gasteiger partial charge in [-0.2, -0.15) is 13.2 Å². The maximum Gasteiger partial charge on any atom is 0.417 e. The monoisotopic (exact) mass is 262 g/mol. The van der Waals surface area contributed by atoms with Gasteiger partial charge in [-0.25, -0.2) is 4.98 Å². The van der Waals surface area contributed by atoms with Gasteiger partial charge in [-0.05, 0) is 12.0 Å². The number of rotatable bonds is 1. The van der Waals surface area contributed by atoms with E-state index in [2.05, 4.69) is 4.98 Å². The summed E-state index contributed by atoms with van der Waals surface area (Å²) in [5.74, 6) is 0.0737. The number of imidazole rings is 1. The van der Waals surface area contributed by atoms with Crippen LogP contribution in [-0.2, 0) is 6.18 Å². The third-order valence-corrected chi connectivity index (χ3v) is 2.79. The number of fused-ring (bicyclic) bond motifs is 1. The van der Waals surface area contributed by atoms with Crippen LogP contribution in [0.15, 0.2) is 18.5 Å². The van der Waals surface area contributed by atoms with Crippen LogP contribution < -0.4 is 0 Å². The summed E-state index contributed by atoms with van der Waals surface area (Å²) in [6.45, 7) is 3.77. The van der Waals surface area contributed by atoms with Gasteiger partial charge < -0.3 is 4.40 Å². The van der Waals surface area contributed by atoms with Crippen LogP contribution in [0.2, 0.25) is 5.02 Å². The van der Waals surface area contributed by atoms with Gasteiger partial charge in [0.15, 0.2) is 5.65 Å². The molecular weight excluding hydrogens is 253 g/mol. The Labute approximate surface area is 101 Å². The summed E-state index contributed by atoms with van der Waals surface area (Å²) in [6, 6.07) is 0.897. The number of nitrogens with zero attached hydrogens (tertiary/aromatic N) is 2. The lowest BCUT2D eigenvalue weighted by Crippen LogP contribution is -2.07. The molecule has 92 valence electrons. The molecule has 0 amide bonds. The van der Waals surface area contributed by atoms with Crippen LogP contribution >= 0.6 is 11.6 Å². The Morgan fingerprint density at radius 1 is 1.35 bits per heavy atom. The molecule has 0 N–H and O–H groups in total. The van der Waals surface area contributed by atoms with Gasteiger partial charge in [-0.1, -0.05) is 25.4 Å². The summed E-state index contributed by atoms with van der Waals surface area (Å²) in [4.78, 5) is 4.03. The molecule has 0 spiro atoms. The second-order valence-corrected chi connectivity index (χ2v) is 4.51. The Balaban J connectivity index is 2.74.